The van der Waals surface area contributed by atoms with Crippen LogP contribution in [-0.2, 0) is 0 Å². The number of hydrogen-bond donors (Lipinski definition) is 0. The number of benzene rings is 3. The molecule has 2 aromatic heterocycles. The Bertz CT molecular complexity index is 1610. The Balaban J connectivity index is 1.63. The molecule has 0 fully saturated rings. The molecule has 5 nitrogen and oxygen atoms in total. The van der Waals surface area contributed by atoms with Crippen molar-refractivity contribution >= 4 is 5.78 Å². The van der Waals surface area contributed by atoms with E-state index in [1.807, 2.05) is 108 Å². The van der Waals surface area contributed by atoms with Crippen LogP contribution in [-0.4, -0.2) is 16.0 Å². The first-order chi connectivity index (χ1) is 17.3. The molecule has 35 heavy (non-hydrogen) atoms. The van der Waals surface area contributed by atoms with E-state index in [4.69, 9.17) is 0 Å². The molecule has 0 spiro atoms. The monoisotopic (exact) mass is 451 g/mol. The van der Waals surface area contributed by atoms with Gasteiger partial charge < -0.3 is 0 Å². The van der Waals surface area contributed by atoms with Crippen molar-refractivity contribution in [1.82, 2.24) is 10.2 Å². The Labute approximate surface area is 202 Å². The fourth-order valence-electron chi connectivity index (χ4n) is 4.68. The van der Waals surface area contributed by atoms with Crippen LogP contribution in [0.5, 0.6) is 0 Å². The van der Waals surface area contributed by atoms with Crippen molar-refractivity contribution < 1.29 is 9.36 Å². The largest absolute Gasteiger partial charge is 0.289 e. The molecule has 0 bridgehead atoms. The van der Waals surface area contributed by atoms with Crippen LogP contribution >= 0.6 is 0 Å². The predicted molar refractivity (Wildman–Crippen MR) is 132 cm³/mol. The van der Waals surface area contributed by atoms with Gasteiger partial charge in [0.25, 0.3) is 6.04 Å². The van der Waals surface area contributed by atoms with Crippen molar-refractivity contribution in [3.05, 3.63) is 126 Å². The van der Waals surface area contributed by atoms with E-state index in [2.05, 4.69) is 16.3 Å². The second kappa shape index (κ2) is 8.44. The molecule has 5 heteroatoms. The van der Waals surface area contributed by atoms with Crippen LogP contribution in [0.3, 0.4) is 0 Å². The van der Waals surface area contributed by atoms with Crippen molar-refractivity contribution in [3.63, 3.8) is 0 Å². The first-order valence-corrected chi connectivity index (χ1v) is 11.3. The van der Waals surface area contributed by atoms with E-state index in [9.17, 15) is 10.1 Å². The van der Waals surface area contributed by atoms with Gasteiger partial charge in [-0.3, -0.25) is 4.79 Å². The molecule has 0 aliphatic carbocycles. The Kier molecular flexibility index (Phi) is 4.98. The Morgan fingerprint density at radius 2 is 1.31 bits per heavy atom. The number of carbonyl (C=O) groups is 1. The molecule has 5 aromatic rings. The third-order valence-corrected chi connectivity index (χ3v) is 6.32. The predicted octanol–water partition coefficient (Wildman–Crippen LogP) is 5.42. The van der Waals surface area contributed by atoms with Gasteiger partial charge >= 0.3 is 0 Å². The maximum absolute atomic E-state index is 13.3. The molecule has 0 amide bonds. The summed E-state index contributed by atoms with van der Waals surface area (Å²) in [5.74, 6) is -0.0671. The molecule has 3 heterocycles. The topological polar surface area (TPSA) is 70.5 Å². The van der Waals surface area contributed by atoms with E-state index >= 15 is 0 Å². The number of nitrogens with zero attached hydrogens (tertiary/aromatic N) is 4. The lowest BCUT2D eigenvalue weighted by Crippen LogP contribution is -2.37. The van der Waals surface area contributed by atoms with E-state index < -0.39 is 6.04 Å². The zero-order valence-corrected chi connectivity index (χ0v) is 18.7. The van der Waals surface area contributed by atoms with Crippen LogP contribution in [0.2, 0.25) is 0 Å². The van der Waals surface area contributed by atoms with Gasteiger partial charge in [0.05, 0.1) is 11.1 Å². The standard InChI is InChI=1S/C30H19N4O/c31-19-25-27-26(24-18-23(16-17-34(24)25)30(35)22-14-8-3-9-15-22)28(20-10-4-1-5-11-20)32-33-29(27)21-12-6-2-7-13-21/h1-18,25H/q+1. The summed E-state index contributed by atoms with van der Waals surface area (Å²) in [5, 5.41) is 19.5. The summed E-state index contributed by atoms with van der Waals surface area (Å²) < 4.78 is 1.91. The van der Waals surface area contributed by atoms with Gasteiger partial charge in [-0.15, -0.1) is 10.2 Å². The third-order valence-electron chi connectivity index (χ3n) is 6.32. The molecular formula is C30H19N4O+. The summed E-state index contributed by atoms with van der Waals surface area (Å²) in [6.45, 7) is 0. The average molecular weight is 452 g/mol. The van der Waals surface area contributed by atoms with Crippen LogP contribution in [0, 0.1) is 11.3 Å². The molecule has 0 radical (unpaired) electrons. The SMILES string of the molecule is N#CC1c2c(-c3ccccc3)nnc(-c3ccccc3)c2-c2cc(C(=O)c3ccccc3)cc[n+]21. The van der Waals surface area contributed by atoms with Crippen molar-refractivity contribution in [1.29, 1.82) is 5.26 Å². The highest BCUT2D eigenvalue weighted by molar-refractivity contribution is 6.09. The van der Waals surface area contributed by atoms with Gasteiger partial charge in [0, 0.05) is 34.4 Å². The number of nitriles is 1. The van der Waals surface area contributed by atoms with Crippen molar-refractivity contribution in [2.45, 2.75) is 6.04 Å². The van der Waals surface area contributed by atoms with Crippen molar-refractivity contribution in [3.8, 4) is 39.8 Å². The Morgan fingerprint density at radius 3 is 1.94 bits per heavy atom. The zero-order chi connectivity index (χ0) is 23.8. The van der Waals surface area contributed by atoms with E-state index in [1.54, 1.807) is 6.07 Å². The van der Waals surface area contributed by atoms with Gasteiger partial charge in [-0.1, -0.05) is 91.0 Å². The van der Waals surface area contributed by atoms with Crippen LogP contribution in [0.25, 0.3) is 33.8 Å². The van der Waals surface area contributed by atoms with Gasteiger partial charge in [0.15, 0.2) is 12.0 Å². The lowest BCUT2D eigenvalue weighted by molar-refractivity contribution is -0.685. The summed E-state index contributed by atoms with van der Waals surface area (Å²) >= 11 is 0. The first kappa shape index (κ1) is 20.6. The number of carbonyl (C=O) groups excluding carboxylic acids is 1. The number of pyridine rings is 1. The Hall–Kier alpha value is -4.95. The van der Waals surface area contributed by atoms with Crippen LogP contribution in [0.1, 0.15) is 27.5 Å². The third kappa shape index (κ3) is 3.40. The highest BCUT2D eigenvalue weighted by Crippen LogP contribution is 2.43. The van der Waals surface area contributed by atoms with Crippen LogP contribution in [0.4, 0.5) is 0 Å². The van der Waals surface area contributed by atoms with Crippen LogP contribution in [0.15, 0.2) is 109 Å². The summed E-state index contributed by atoms with van der Waals surface area (Å²) in [6, 6.07) is 34.3. The van der Waals surface area contributed by atoms with Gasteiger partial charge in [-0.2, -0.15) is 9.83 Å². The lowest BCUT2D eigenvalue weighted by Gasteiger charge is -2.10. The van der Waals surface area contributed by atoms with Crippen molar-refractivity contribution in [2.75, 3.05) is 0 Å². The molecular weight excluding hydrogens is 432 g/mol. The molecule has 0 N–H and O–H groups in total. The summed E-state index contributed by atoms with van der Waals surface area (Å²) in [6.07, 6.45) is 1.82. The van der Waals surface area contributed by atoms with Gasteiger partial charge in [0.1, 0.15) is 17.5 Å². The second-order valence-electron chi connectivity index (χ2n) is 8.35. The summed E-state index contributed by atoms with van der Waals surface area (Å²) in [4.78, 5) is 13.3. The summed E-state index contributed by atoms with van der Waals surface area (Å²) in [5.41, 5.74) is 6.75. The van der Waals surface area contributed by atoms with E-state index in [-0.39, 0.29) is 5.78 Å². The molecule has 3 aromatic carbocycles. The molecule has 1 unspecified atom stereocenters. The maximum Gasteiger partial charge on any atom is 0.272 e. The molecule has 164 valence electrons. The molecule has 0 saturated carbocycles. The maximum atomic E-state index is 13.3. The number of aromatic nitrogens is 3. The molecule has 1 aliphatic rings. The van der Waals surface area contributed by atoms with E-state index in [0.717, 1.165) is 27.9 Å². The quantitative estimate of drug-likeness (QED) is 0.270. The summed E-state index contributed by atoms with van der Waals surface area (Å²) in [7, 11) is 0. The number of ketones is 1. The highest BCUT2D eigenvalue weighted by atomic mass is 16.1. The van der Waals surface area contributed by atoms with Gasteiger partial charge in [0.2, 0.25) is 5.69 Å². The smallest absolute Gasteiger partial charge is 0.272 e. The number of fused-ring (bicyclic) bond motifs is 3. The minimum absolute atomic E-state index is 0.0671. The first-order valence-electron chi connectivity index (χ1n) is 11.3. The lowest BCUT2D eigenvalue weighted by atomic mass is 9.94. The average Bonchev–Trinajstić information content (AvgIpc) is 3.27. The fraction of sp³-hybridized carbons (Fsp3) is 0.0333. The minimum atomic E-state index is -0.589. The molecule has 1 atom stereocenters. The number of rotatable bonds is 4. The van der Waals surface area contributed by atoms with Crippen molar-refractivity contribution in [2.24, 2.45) is 0 Å². The zero-order valence-electron chi connectivity index (χ0n) is 18.7. The second-order valence-corrected chi connectivity index (χ2v) is 8.35. The highest BCUT2D eigenvalue weighted by Gasteiger charge is 2.42. The minimum Gasteiger partial charge on any atom is -0.289 e. The Morgan fingerprint density at radius 1 is 0.743 bits per heavy atom. The normalized spacial score (nSPS) is 13.5. The van der Waals surface area contributed by atoms with E-state index in [0.29, 0.717) is 22.5 Å². The van der Waals surface area contributed by atoms with Gasteiger partial charge in [-0.25, -0.2) is 0 Å². The molecule has 6 rings (SSSR count). The van der Waals surface area contributed by atoms with E-state index in [1.165, 1.54) is 0 Å². The van der Waals surface area contributed by atoms with Crippen LogP contribution < -0.4 is 4.57 Å². The molecule has 0 saturated heterocycles. The van der Waals surface area contributed by atoms with Gasteiger partial charge in [-0.05, 0) is 0 Å². The number of hydrogen-bond acceptors (Lipinski definition) is 4. The fourth-order valence-corrected chi connectivity index (χ4v) is 4.68. The molecule has 1 aliphatic heterocycles.